The minimum absolute atomic E-state index is 0.588. The third-order valence-electron chi connectivity index (χ3n) is 2.69. The third-order valence-corrected chi connectivity index (χ3v) is 3.75. The second kappa shape index (κ2) is 6.74. The Morgan fingerprint density at radius 3 is 2.38 bits per heavy atom. The van der Waals surface area contributed by atoms with Crippen molar-refractivity contribution in [1.82, 2.24) is 5.32 Å². The molecule has 0 aliphatic heterocycles. The highest BCUT2D eigenvalue weighted by Gasteiger charge is 2.09. The highest BCUT2D eigenvalue weighted by Crippen LogP contribution is 2.22. The molecule has 0 saturated carbocycles. The molecule has 2 heteroatoms. The molecule has 0 atom stereocenters. The predicted molar refractivity (Wildman–Crippen MR) is 74.8 cm³/mol. The minimum atomic E-state index is 0.588. The van der Waals surface area contributed by atoms with Crippen LogP contribution in [0.25, 0.3) is 5.70 Å². The van der Waals surface area contributed by atoms with Crippen molar-refractivity contribution in [2.45, 2.75) is 52.5 Å². The molecule has 0 saturated heterocycles. The van der Waals surface area contributed by atoms with E-state index in [2.05, 4.69) is 44.8 Å². The molecule has 0 unspecified atom stereocenters. The van der Waals surface area contributed by atoms with E-state index in [0.29, 0.717) is 6.04 Å². The lowest BCUT2D eigenvalue weighted by atomic mass is 10.1. The first kappa shape index (κ1) is 13.3. The molecule has 0 aliphatic rings. The summed E-state index contributed by atoms with van der Waals surface area (Å²) in [6.07, 6.45) is 4.93. The summed E-state index contributed by atoms with van der Waals surface area (Å²) in [5, 5.41) is 3.56. The van der Waals surface area contributed by atoms with Gasteiger partial charge in [-0.2, -0.15) is 0 Å². The van der Waals surface area contributed by atoms with Crippen molar-refractivity contribution in [3.63, 3.8) is 0 Å². The van der Waals surface area contributed by atoms with E-state index in [1.54, 1.807) is 0 Å². The molecule has 16 heavy (non-hydrogen) atoms. The Morgan fingerprint density at radius 1 is 1.31 bits per heavy atom. The van der Waals surface area contributed by atoms with Gasteiger partial charge < -0.3 is 5.32 Å². The zero-order valence-corrected chi connectivity index (χ0v) is 11.5. The lowest BCUT2D eigenvalue weighted by Gasteiger charge is -2.19. The first-order chi connectivity index (χ1) is 7.67. The van der Waals surface area contributed by atoms with Gasteiger partial charge in [0.05, 0.1) is 0 Å². The van der Waals surface area contributed by atoms with Gasteiger partial charge in [0.25, 0.3) is 0 Å². The van der Waals surface area contributed by atoms with E-state index in [0.717, 1.165) is 5.70 Å². The highest BCUT2D eigenvalue weighted by atomic mass is 32.1. The van der Waals surface area contributed by atoms with Gasteiger partial charge >= 0.3 is 0 Å². The first-order valence-corrected chi connectivity index (χ1v) is 7.01. The summed E-state index contributed by atoms with van der Waals surface area (Å²) in [6, 6.07) is 4.90. The molecule has 0 fully saturated rings. The molecule has 1 nitrogen and oxygen atoms in total. The second-order valence-corrected chi connectivity index (χ2v) is 5.60. The van der Waals surface area contributed by atoms with Crippen LogP contribution in [0.3, 0.4) is 0 Å². The Hall–Kier alpha value is -0.760. The number of rotatable bonds is 7. The predicted octanol–water partition coefficient (Wildman–Crippen LogP) is 4.59. The van der Waals surface area contributed by atoms with Crippen molar-refractivity contribution in [3.05, 3.63) is 28.5 Å². The molecule has 0 radical (unpaired) electrons. The van der Waals surface area contributed by atoms with E-state index in [4.69, 9.17) is 0 Å². The topological polar surface area (TPSA) is 12.0 Å². The summed E-state index contributed by atoms with van der Waals surface area (Å²) in [5.74, 6) is 0. The van der Waals surface area contributed by atoms with Gasteiger partial charge in [-0.05, 0) is 31.9 Å². The van der Waals surface area contributed by atoms with Gasteiger partial charge in [-0.3, -0.25) is 0 Å². The summed E-state index contributed by atoms with van der Waals surface area (Å²) in [7, 11) is 0. The molecule has 0 aliphatic carbocycles. The minimum Gasteiger partial charge on any atom is -0.382 e. The standard InChI is InChI=1S/C14H23NS/c1-5-7-13(8-6-2)15-12(4)14-10-9-11(3)16-14/h9-10,13,15H,4-8H2,1-3H3. The van der Waals surface area contributed by atoms with Gasteiger partial charge in [0.15, 0.2) is 0 Å². The smallest absolute Gasteiger partial charge is 0.0498 e. The van der Waals surface area contributed by atoms with E-state index in [1.165, 1.54) is 35.4 Å². The molecule has 1 rings (SSSR count). The average molecular weight is 237 g/mol. The van der Waals surface area contributed by atoms with Crippen LogP contribution in [0, 0.1) is 6.92 Å². The fourth-order valence-electron chi connectivity index (χ4n) is 1.90. The monoisotopic (exact) mass is 237 g/mol. The van der Waals surface area contributed by atoms with Crippen molar-refractivity contribution in [2.75, 3.05) is 0 Å². The second-order valence-electron chi connectivity index (χ2n) is 4.31. The van der Waals surface area contributed by atoms with Crippen LogP contribution in [0.2, 0.25) is 0 Å². The highest BCUT2D eigenvalue weighted by molar-refractivity contribution is 7.13. The van der Waals surface area contributed by atoms with Crippen LogP contribution in [-0.2, 0) is 0 Å². The van der Waals surface area contributed by atoms with E-state index in [-0.39, 0.29) is 0 Å². The molecule has 90 valence electrons. The molecule has 0 spiro atoms. The summed E-state index contributed by atoms with van der Waals surface area (Å²) in [5.41, 5.74) is 1.09. The number of aryl methyl sites for hydroxylation is 1. The van der Waals surface area contributed by atoms with Gasteiger partial charge in [-0.1, -0.05) is 33.3 Å². The van der Waals surface area contributed by atoms with Crippen LogP contribution >= 0.6 is 11.3 Å². The summed E-state index contributed by atoms with van der Waals surface area (Å²) >= 11 is 1.81. The van der Waals surface area contributed by atoms with E-state index in [9.17, 15) is 0 Å². The van der Waals surface area contributed by atoms with Crippen molar-refractivity contribution in [3.8, 4) is 0 Å². The summed E-state index contributed by atoms with van der Waals surface area (Å²) in [4.78, 5) is 2.62. The number of nitrogens with one attached hydrogen (secondary N) is 1. The lowest BCUT2D eigenvalue weighted by molar-refractivity contribution is 0.502. The Labute approximate surface area is 104 Å². The van der Waals surface area contributed by atoms with Crippen LogP contribution in [-0.4, -0.2) is 6.04 Å². The molecular weight excluding hydrogens is 214 g/mol. The lowest BCUT2D eigenvalue weighted by Crippen LogP contribution is -2.26. The van der Waals surface area contributed by atoms with Crippen molar-refractivity contribution < 1.29 is 0 Å². The number of hydrogen-bond donors (Lipinski definition) is 1. The van der Waals surface area contributed by atoms with Crippen LogP contribution in [0.4, 0.5) is 0 Å². The zero-order valence-electron chi connectivity index (χ0n) is 10.7. The fourth-order valence-corrected chi connectivity index (χ4v) is 2.70. The number of hydrogen-bond acceptors (Lipinski definition) is 2. The number of thiophene rings is 1. The molecule has 1 heterocycles. The van der Waals surface area contributed by atoms with Gasteiger partial charge in [0.1, 0.15) is 0 Å². The van der Waals surface area contributed by atoms with Gasteiger partial charge in [-0.15, -0.1) is 11.3 Å². The van der Waals surface area contributed by atoms with Crippen molar-refractivity contribution in [2.24, 2.45) is 0 Å². The largest absolute Gasteiger partial charge is 0.382 e. The Kier molecular flexibility index (Phi) is 5.61. The maximum Gasteiger partial charge on any atom is 0.0498 e. The Balaban J connectivity index is 2.54. The van der Waals surface area contributed by atoms with Crippen LogP contribution in [0.1, 0.15) is 49.3 Å². The van der Waals surface area contributed by atoms with Gasteiger partial charge in [0, 0.05) is 21.5 Å². The fraction of sp³-hybridized carbons (Fsp3) is 0.571. The van der Waals surface area contributed by atoms with E-state index < -0.39 is 0 Å². The van der Waals surface area contributed by atoms with Crippen LogP contribution in [0.15, 0.2) is 18.7 Å². The quantitative estimate of drug-likeness (QED) is 0.731. The normalized spacial score (nSPS) is 10.8. The SMILES string of the molecule is C=C(NC(CCC)CCC)c1ccc(C)s1. The van der Waals surface area contributed by atoms with Gasteiger partial charge in [-0.25, -0.2) is 0 Å². The maximum atomic E-state index is 4.14. The molecule has 0 amide bonds. The summed E-state index contributed by atoms with van der Waals surface area (Å²) < 4.78 is 0. The molecule has 0 aromatic carbocycles. The van der Waals surface area contributed by atoms with Crippen LogP contribution in [0.5, 0.6) is 0 Å². The molecule has 1 aromatic heterocycles. The molecule has 1 N–H and O–H groups in total. The maximum absolute atomic E-state index is 4.14. The van der Waals surface area contributed by atoms with Gasteiger partial charge in [0.2, 0.25) is 0 Å². The van der Waals surface area contributed by atoms with E-state index >= 15 is 0 Å². The first-order valence-electron chi connectivity index (χ1n) is 6.19. The summed E-state index contributed by atoms with van der Waals surface area (Å²) in [6.45, 7) is 10.8. The average Bonchev–Trinajstić information content (AvgIpc) is 2.65. The zero-order chi connectivity index (χ0) is 12.0. The van der Waals surface area contributed by atoms with Crippen molar-refractivity contribution in [1.29, 1.82) is 0 Å². The Morgan fingerprint density at radius 2 is 1.94 bits per heavy atom. The molecule has 0 bridgehead atoms. The van der Waals surface area contributed by atoms with E-state index in [1.807, 2.05) is 11.3 Å². The third kappa shape index (κ3) is 4.01. The van der Waals surface area contributed by atoms with Crippen LogP contribution < -0.4 is 5.32 Å². The molecular formula is C14H23NS. The molecule has 1 aromatic rings. The Bertz CT molecular complexity index is 321. The van der Waals surface area contributed by atoms with Crippen molar-refractivity contribution >= 4 is 17.0 Å².